The van der Waals surface area contributed by atoms with Crippen LogP contribution in [0.4, 0.5) is 11.4 Å². The molecule has 0 spiro atoms. The Kier molecular flexibility index (Phi) is 4.17. The molecule has 0 fully saturated rings. The van der Waals surface area contributed by atoms with Gasteiger partial charge in [-0.05, 0) is 19.1 Å². The number of nitro groups is 1. The molecule has 0 bridgehead atoms. The Morgan fingerprint density at radius 2 is 1.94 bits per heavy atom. The van der Waals surface area contributed by atoms with Crippen molar-refractivity contribution in [2.75, 3.05) is 12.0 Å². The lowest BCUT2D eigenvalue weighted by Gasteiger charge is -2.26. The maximum absolute atomic E-state index is 11.5. The average molecular weight is 238 g/mol. The Hall–Kier alpha value is -1.95. The summed E-state index contributed by atoms with van der Waals surface area (Å²) >= 11 is 0. The van der Waals surface area contributed by atoms with Crippen molar-refractivity contribution >= 4 is 17.3 Å². The van der Waals surface area contributed by atoms with E-state index in [1.165, 1.54) is 43.2 Å². The number of hydrogen-bond acceptors (Lipinski definition) is 4. The number of hydrogen-bond donors (Lipinski definition) is 0. The number of benzene rings is 1. The number of non-ortho nitro benzene ring substituents is 1. The summed E-state index contributed by atoms with van der Waals surface area (Å²) in [5.74, 6) is -0.187. The Bertz CT molecular complexity index is 416. The first-order valence-corrected chi connectivity index (χ1v) is 5.04. The lowest BCUT2D eigenvalue weighted by Crippen LogP contribution is -2.38. The van der Waals surface area contributed by atoms with Gasteiger partial charge in [0.15, 0.2) is 0 Å². The van der Waals surface area contributed by atoms with E-state index in [1.54, 1.807) is 6.92 Å². The SMILES string of the molecule is COC(C)N(C(C)=O)c1ccc([N+](=O)[O-])cc1. The third-order valence-electron chi connectivity index (χ3n) is 2.38. The van der Waals surface area contributed by atoms with E-state index in [0.29, 0.717) is 5.69 Å². The van der Waals surface area contributed by atoms with Crippen molar-refractivity contribution in [2.45, 2.75) is 20.1 Å². The normalized spacial score (nSPS) is 11.9. The fraction of sp³-hybridized carbons (Fsp3) is 0.364. The molecule has 1 unspecified atom stereocenters. The zero-order chi connectivity index (χ0) is 13.0. The van der Waals surface area contributed by atoms with Crippen molar-refractivity contribution in [3.8, 4) is 0 Å². The highest BCUT2D eigenvalue weighted by Gasteiger charge is 2.18. The summed E-state index contributed by atoms with van der Waals surface area (Å²) in [4.78, 5) is 22.9. The fourth-order valence-electron chi connectivity index (χ4n) is 1.49. The lowest BCUT2D eigenvalue weighted by atomic mass is 10.2. The van der Waals surface area contributed by atoms with Crippen LogP contribution in [0, 0.1) is 10.1 Å². The van der Waals surface area contributed by atoms with Gasteiger partial charge in [-0.2, -0.15) is 0 Å². The van der Waals surface area contributed by atoms with Gasteiger partial charge in [-0.3, -0.25) is 19.8 Å². The molecule has 1 aromatic rings. The van der Waals surface area contributed by atoms with Gasteiger partial charge in [0.2, 0.25) is 5.91 Å². The second-order valence-corrected chi connectivity index (χ2v) is 3.50. The predicted octanol–water partition coefficient (Wildman–Crippen LogP) is 1.94. The number of nitro benzene ring substituents is 1. The summed E-state index contributed by atoms with van der Waals surface area (Å²) in [6.45, 7) is 3.14. The van der Waals surface area contributed by atoms with Crippen LogP contribution < -0.4 is 4.90 Å². The quantitative estimate of drug-likeness (QED) is 0.456. The van der Waals surface area contributed by atoms with Crippen LogP contribution in [0.25, 0.3) is 0 Å². The number of carbonyl (C=O) groups is 1. The monoisotopic (exact) mass is 238 g/mol. The van der Waals surface area contributed by atoms with Crippen molar-refractivity contribution in [1.82, 2.24) is 0 Å². The summed E-state index contributed by atoms with van der Waals surface area (Å²) in [6, 6.07) is 5.76. The van der Waals surface area contributed by atoms with E-state index in [9.17, 15) is 14.9 Å². The highest BCUT2D eigenvalue weighted by molar-refractivity contribution is 5.91. The summed E-state index contributed by atoms with van der Waals surface area (Å²) in [5.41, 5.74) is 0.555. The van der Waals surface area contributed by atoms with Crippen LogP contribution in [0.2, 0.25) is 0 Å². The highest BCUT2D eigenvalue weighted by atomic mass is 16.6. The molecule has 0 radical (unpaired) electrons. The van der Waals surface area contributed by atoms with E-state index < -0.39 is 11.2 Å². The van der Waals surface area contributed by atoms with Gasteiger partial charge in [0.25, 0.3) is 5.69 Å². The molecule has 1 rings (SSSR count). The van der Waals surface area contributed by atoms with Crippen molar-refractivity contribution in [2.24, 2.45) is 0 Å². The van der Waals surface area contributed by atoms with Crippen LogP contribution in [0.15, 0.2) is 24.3 Å². The third-order valence-corrected chi connectivity index (χ3v) is 2.38. The van der Waals surface area contributed by atoms with Crippen LogP contribution in [0.3, 0.4) is 0 Å². The molecule has 92 valence electrons. The minimum absolute atomic E-state index is 0.0117. The fourth-order valence-corrected chi connectivity index (χ4v) is 1.49. The van der Waals surface area contributed by atoms with Crippen LogP contribution in [0.5, 0.6) is 0 Å². The smallest absolute Gasteiger partial charge is 0.269 e. The topological polar surface area (TPSA) is 72.7 Å². The summed E-state index contributed by atoms with van der Waals surface area (Å²) in [7, 11) is 1.49. The molecule has 0 N–H and O–H groups in total. The van der Waals surface area contributed by atoms with Crippen LogP contribution >= 0.6 is 0 Å². The molecular weight excluding hydrogens is 224 g/mol. The predicted molar refractivity (Wildman–Crippen MR) is 62.7 cm³/mol. The van der Waals surface area contributed by atoms with E-state index >= 15 is 0 Å². The van der Waals surface area contributed by atoms with Gasteiger partial charge in [0.1, 0.15) is 6.23 Å². The molecule has 17 heavy (non-hydrogen) atoms. The molecule has 1 aromatic carbocycles. The van der Waals surface area contributed by atoms with E-state index in [0.717, 1.165) is 0 Å². The Balaban J connectivity index is 3.03. The van der Waals surface area contributed by atoms with Gasteiger partial charge in [-0.25, -0.2) is 0 Å². The molecule has 1 atom stereocenters. The van der Waals surface area contributed by atoms with Crippen LogP contribution in [-0.2, 0) is 9.53 Å². The molecule has 0 aliphatic rings. The highest BCUT2D eigenvalue weighted by Crippen LogP contribution is 2.21. The van der Waals surface area contributed by atoms with E-state index in [1.807, 2.05) is 0 Å². The largest absolute Gasteiger partial charge is 0.361 e. The van der Waals surface area contributed by atoms with E-state index in [-0.39, 0.29) is 11.6 Å². The van der Waals surface area contributed by atoms with Crippen LogP contribution in [0.1, 0.15) is 13.8 Å². The lowest BCUT2D eigenvalue weighted by molar-refractivity contribution is -0.384. The first-order chi connectivity index (χ1) is 7.97. The summed E-state index contributed by atoms with van der Waals surface area (Å²) in [5, 5.41) is 10.5. The minimum Gasteiger partial charge on any atom is -0.361 e. The Morgan fingerprint density at radius 3 is 2.29 bits per heavy atom. The second kappa shape index (κ2) is 5.40. The number of ether oxygens (including phenoxy) is 1. The van der Waals surface area contributed by atoms with Crippen molar-refractivity contribution in [3.05, 3.63) is 34.4 Å². The maximum Gasteiger partial charge on any atom is 0.269 e. The number of methoxy groups -OCH3 is 1. The molecule has 0 aliphatic heterocycles. The molecule has 6 nitrogen and oxygen atoms in total. The molecule has 1 amide bonds. The number of anilines is 1. The van der Waals surface area contributed by atoms with E-state index in [4.69, 9.17) is 4.74 Å². The minimum atomic E-state index is -0.484. The molecule has 0 aliphatic carbocycles. The molecule has 6 heteroatoms. The first kappa shape index (κ1) is 13.1. The zero-order valence-electron chi connectivity index (χ0n) is 9.91. The Labute approximate surface area is 98.9 Å². The number of carbonyl (C=O) groups excluding carboxylic acids is 1. The first-order valence-electron chi connectivity index (χ1n) is 5.04. The number of amides is 1. The number of rotatable bonds is 4. The third kappa shape index (κ3) is 3.01. The van der Waals surface area contributed by atoms with Crippen molar-refractivity contribution < 1.29 is 14.5 Å². The van der Waals surface area contributed by atoms with Gasteiger partial charge in [-0.15, -0.1) is 0 Å². The summed E-state index contributed by atoms with van der Waals surface area (Å²) < 4.78 is 5.08. The van der Waals surface area contributed by atoms with Crippen LogP contribution in [-0.4, -0.2) is 24.2 Å². The van der Waals surface area contributed by atoms with E-state index in [2.05, 4.69) is 0 Å². The van der Waals surface area contributed by atoms with Gasteiger partial charge < -0.3 is 4.74 Å². The number of nitrogens with zero attached hydrogens (tertiary/aromatic N) is 2. The van der Waals surface area contributed by atoms with Gasteiger partial charge in [0, 0.05) is 31.9 Å². The molecule has 0 aromatic heterocycles. The summed E-state index contributed by atoms with van der Waals surface area (Å²) in [6.07, 6.45) is -0.422. The van der Waals surface area contributed by atoms with Gasteiger partial charge >= 0.3 is 0 Å². The molecule has 0 saturated carbocycles. The molecular formula is C11H14N2O4. The standard InChI is InChI=1S/C11H14N2O4/c1-8(14)12(9(2)17-3)10-4-6-11(7-5-10)13(15)16/h4-7,9H,1-3H3. The maximum atomic E-state index is 11.5. The van der Waals surface area contributed by atoms with Crippen molar-refractivity contribution in [1.29, 1.82) is 0 Å². The van der Waals surface area contributed by atoms with Gasteiger partial charge in [0.05, 0.1) is 4.92 Å². The Morgan fingerprint density at radius 1 is 1.41 bits per heavy atom. The van der Waals surface area contributed by atoms with Gasteiger partial charge in [-0.1, -0.05) is 0 Å². The molecule has 0 saturated heterocycles. The second-order valence-electron chi connectivity index (χ2n) is 3.50. The average Bonchev–Trinajstić information content (AvgIpc) is 2.29. The van der Waals surface area contributed by atoms with Crippen molar-refractivity contribution in [3.63, 3.8) is 0 Å². The zero-order valence-corrected chi connectivity index (χ0v) is 9.91. The molecule has 0 heterocycles.